The molecular formula is C20H17N5O2. The van der Waals surface area contributed by atoms with Crippen molar-refractivity contribution >= 4 is 28.5 Å². The summed E-state index contributed by atoms with van der Waals surface area (Å²) in [5, 5.41) is 13.0. The summed E-state index contributed by atoms with van der Waals surface area (Å²) >= 11 is 0. The number of hydrogen-bond acceptors (Lipinski definition) is 5. The van der Waals surface area contributed by atoms with Gasteiger partial charge >= 0.3 is 5.97 Å². The van der Waals surface area contributed by atoms with Gasteiger partial charge in [0.1, 0.15) is 0 Å². The highest BCUT2D eigenvalue weighted by molar-refractivity contribution is 5.84. The van der Waals surface area contributed by atoms with Gasteiger partial charge < -0.3 is 15.4 Å². The van der Waals surface area contributed by atoms with Crippen molar-refractivity contribution in [3.05, 3.63) is 66.7 Å². The van der Waals surface area contributed by atoms with Gasteiger partial charge in [0.25, 0.3) is 0 Å². The Kier molecular flexibility index (Phi) is 4.49. The number of carboxylic acid groups (broad SMARTS) is 1. The normalized spacial score (nSPS) is 10.8. The molecule has 3 heterocycles. The molecule has 0 atom stereocenters. The van der Waals surface area contributed by atoms with Gasteiger partial charge in [-0.15, -0.1) is 0 Å². The number of fused-ring (bicyclic) bond motifs is 1. The smallest absolute Gasteiger partial charge is 0.303 e. The van der Waals surface area contributed by atoms with Gasteiger partial charge in [0, 0.05) is 46.4 Å². The van der Waals surface area contributed by atoms with E-state index < -0.39 is 5.97 Å². The Morgan fingerprint density at radius 1 is 1.15 bits per heavy atom. The molecule has 0 aliphatic carbocycles. The van der Waals surface area contributed by atoms with Crippen LogP contribution in [-0.2, 0) is 11.2 Å². The minimum atomic E-state index is -0.804. The Balaban J connectivity index is 1.55. The van der Waals surface area contributed by atoms with Crippen LogP contribution in [0, 0.1) is 0 Å². The van der Waals surface area contributed by atoms with Gasteiger partial charge in [0.15, 0.2) is 0 Å². The summed E-state index contributed by atoms with van der Waals surface area (Å²) in [5.74, 6) is -0.306. The Hall–Kier alpha value is -3.74. The number of nitrogens with zero attached hydrogens (tertiary/aromatic N) is 3. The highest BCUT2D eigenvalue weighted by atomic mass is 16.4. The molecule has 3 aromatic heterocycles. The number of benzene rings is 1. The van der Waals surface area contributed by atoms with Crippen LogP contribution in [0.5, 0.6) is 0 Å². The molecule has 1 aromatic carbocycles. The van der Waals surface area contributed by atoms with Gasteiger partial charge in [-0.2, -0.15) is 0 Å². The average Bonchev–Trinajstić information content (AvgIpc) is 3.09. The lowest BCUT2D eigenvalue weighted by molar-refractivity contribution is -0.136. The van der Waals surface area contributed by atoms with E-state index in [1.807, 2.05) is 42.5 Å². The summed E-state index contributed by atoms with van der Waals surface area (Å²) in [7, 11) is 0. The maximum absolute atomic E-state index is 10.7. The third-order valence-corrected chi connectivity index (χ3v) is 4.15. The number of hydrogen-bond donors (Lipinski definition) is 3. The Labute approximate surface area is 155 Å². The van der Waals surface area contributed by atoms with E-state index >= 15 is 0 Å². The van der Waals surface area contributed by atoms with Crippen molar-refractivity contribution in [2.75, 3.05) is 5.32 Å². The van der Waals surface area contributed by atoms with Crippen LogP contribution in [0.1, 0.15) is 12.1 Å². The van der Waals surface area contributed by atoms with Gasteiger partial charge in [-0.3, -0.25) is 9.78 Å². The average molecular weight is 359 g/mol. The number of anilines is 2. The first kappa shape index (κ1) is 16.7. The minimum absolute atomic E-state index is 0.104. The number of carboxylic acids is 1. The third-order valence-electron chi connectivity index (χ3n) is 4.15. The molecular weight excluding hydrogens is 342 g/mol. The number of aromatic nitrogens is 4. The van der Waals surface area contributed by atoms with Crippen molar-refractivity contribution < 1.29 is 9.90 Å². The second-order valence-corrected chi connectivity index (χ2v) is 6.12. The fraction of sp³-hybridized carbons (Fsp3) is 0.100. The fourth-order valence-corrected chi connectivity index (χ4v) is 2.87. The summed E-state index contributed by atoms with van der Waals surface area (Å²) in [6.07, 6.45) is 5.77. The van der Waals surface area contributed by atoms with E-state index in [2.05, 4.69) is 25.3 Å². The van der Waals surface area contributed by atoms with Crippen molar-refractivity contribution in [1.29, 1.82) is 0 Å². The van der Waals surface area contributed by atoms with Crippen LogP contribution in [0.25, 0.3) is 22.2 Å². The second kappa shape index (κ2) is 7.25. The fourth-order valence-electron chi connectivity index (χ4n) is 2.87. The number of pyridine rings is 1. The van der Waals surface area contributed by atoms with Gasteiger partial charge in [-0.05, 0) is 48.9 Å². The molecule has 3 N–H and O–H groups in total. The molecule has 4 aromatic rings. The Bertz CT molecular complexity index is 1090. The van der Waals surface area contributed by atoms with Crippen LogP contribution in [0.4, 0.5) is 11.6 Å². The van der Waals surface area contributed by atoms with E-state index in [4.69, 9.17) is 5.11 Å². The van der Waals surface area contributed by atoms with Crippen molar-refractivity contribution in [3.63, 3.8) is 0 Å². The Morgan fingerprint density at radius 2 is 2.07 bits per heavy atom. The molecule has 7 heteroatoms. The number of aryl methyl sites for hydroxylation is 1. The van der Waals surface area contributed by atoms with Crippen molar-refractivity contribution in [1.82, 2.24) is 19.9 Å². The molecule has 0 bridgehead atoms. The molecule has 134 valence electrons. The standard InChI is InChI=1S/C20H17N5O2/c26-19(27)6-4-15-10-14-11-16(3-5-17(14)23-15)24-20-22-9-7-18(25-20)13-2-1-8-21-12-13/h1-3,5,7-12,23H,4,6H2,(H,26,27)(H,22,24,25). The summed E-state index contributed by atoms with van der Waals surface area (Å²) < 4.78 is 0. The van der Waals surface area contributed by atoms with Gasteiger partial charge in [0.05, 0.1) is 12.1 Å². The topological polar surface area (TPSA) is 104 Å². The van der Waals surface area contributed by atoms with E-state index in [1.54, 1.807) is 18.6 Å². The number of carbonyl (C=O) groups is 1. The molecule has 0 spiro atoms. The first-order valence-corrected chi connectivity index (χ1v) is 8.51. The molecule has 0 fully saturated rings. The summed E-state index contributed by atoms with van der Waals surface area (Å²) in [4.78, 5) is 26.9. The molecule has 0 radical (unpaired) electrons. The van der Waals surface area contributed by atoms with E-state index in [9.17, 15) is 4.79 Å². The van der Waals surface area contributed by atoms with Crippen LogP contribution in [0.2, 0.25) is 0 Å². The highest BCUT2D eigenvalue weighted by Gasteiger charge is 2.06. The lowest BCUT2D eigenvalue weighted by atomic mass is 10.2. The quantitative estimate of drug-likeness (QED) is 0.484. The summed E-state index contributed by atoms with van der Waals surface area (Å²) in [6, 6.07) is 13.5. The zero-order valence-corrected chi connectivity index (χ0v) is 14.4. The van der Waals surface area contributed by atoms with Gasteiger partial charge in [-0.1, -0.05) is 0 Å². The van der Waals surface area contributed by atoms with Crippen LogP contribution >= 0.6 is 0 Å². The number of rotatable bonds is 6. The van der Waals surface area contributed by atoms with Crippen molar-refractivity contribution in [2.45, 2.75) is 12.8 Å². The monoisotopic (exact) mass is 359 g/mol. The molecule has 7 nitrogen and oxygen atoms in total. The van der Waals surface area contributed by atoms with Crippen LogP contribution in [-0.4, -0.2) is 31.0 Å². The first-order valence-electron chi connectivity index (χ1n) is 8.51. The van der Waals surface area contributed by atoms with Crippen molar-refractivity contribution in [2.24, 2.45) is 0 Å². The number of nitrogens with one attached hydrogen (secondary N) is 2. The molecule has 0 saturated heterocycles. The zero-order valence-electron chi connectivity index (χ0n) is 14.4. The van der Waals surface area contributed by atoms with Gasteiger partial charge in [-0.25, -0.2) is 9.97 Å². The van der Waals surface area contributed by atoms with E-state index in [0.29, 0.717) is 12.4 Å². The molecule has 27 heavy (non-hydrogen) atoms. The Morgan fingerprint density at radius 3 is 2.89 bits per heavy atom. The molecule has 0 amide bonds. The highest BCUT2D eigenvalue weighted by Crippen LogP contribution is 2.23. The minimum Gasteiger partial charge on any atom is -0.481 e. The maximum atomic E-state index is 10.7. The molecule has 4 rings (SSSR count). The van der Waals surface area contributed by atoms with Crippen LogP contribution in [0.3, 0.4) is 0 Å². The van der Waals surface area contributed by atoms with Crippen LogP contribution < -0.4 is 5.32 Å². The molecule has 0 aliphatic heterocycles. The first-order chi connectivity index (χ1) is 13.2. The molecule has 0 unspecified atom stereocenters. The zero-order chi connectivity index (χ0) is 18.6. The van der Waals surface area contributed by atoms with E-state index in [1.165, 1.54) is 0 Å². The number of H-pyrrole nitrogens is 1. The molecule has 0 aliphatic rings. The molecule has 0 saturated carbocycles. The summed E-state index contributed by atoms with van der Waals surface area (Å²) in [6.45, 7) is 0. The lowest BCUT2D eigenvalue weighted by Crippen LogP contribution is -1.97. The van der Waals surface area contributed by atoms with Gasteiger partial charge in [0.2, 0.25) is 5.95 Å². The predicted molar refractivity (Wildman–Crippen MR) is 103 cm³/mol. The third kappa shape index (κ3) is 3.92. The predicted octanol–water partition coefficient (Wildman–Crippen LogP) is 3.78. The SMILES string of the molecule is O=C(O)CCc1cc2cc(Nc3nccc(-c4cccnc4)n3)ccc2[nH]1. The largest absolute Gasteiger partial charge is 0.481 e. The maximum Gasteiger partial charge on any atom is 0.303 e. The van der Waals surface area contributed by atoms with E-state index in [-0.39, 0.29) is 6.42 Å². The number of aromatic amines is 1. The number of aliphatic carboxylic acids is 1. The van der Waals surface area contributed by atoms with Crippen molar-refractivity contribution in [3.8, 4) is 11.3 Å². The summed E-state index contributed by atoms with van der Waals surface area (Å²) in [5.41, 5.74) is 4.44. The van der Waals surface area contributed by atoms with Crippen LogP contribution in [0.15, 0.2) is 61.1 Å². The van der Waals surface area contributed by atoms with E-state index in [0.717, 1.165) is 33.5 Å². The second-order valence-electron chi connectivity index (χ2n) is 6.12. The lowest BCUT2D eigenvalue weighted by Gasteiger charge is -2.06.